The van der Waals surface area contributed by atoms with Gasteiger partial charge in [-0.25, -0.2) is 0 Å². The first-order valence-corrected chi connectivity index (χ1v) is 8.10. The van der Waals surface area contributed by atoms with E-state index in [0.29, 0.717) is 30.8 Å². The maximum absolute atomic E-state index is 12.7. The molecule has 7 heteroatoms. The van der Waals surface area contributed by atoms with Crippen molar-refractivity contribution < 1.29 is 9.59 Å². The average molecular weight is 377 g/mol. The highest BCUT2D eigenvalue weighted by Crippen LogP contribution is 2.24. The SMILES string of the molecule is CN(C)C(=O)c1n[nH]c2c1CN(C(=O)c1ccccc1Br)CC2. The molecule has 1 aliphatic rings. The van der Waals surface area contributed by atoms with E-state index in [2.05, 4.69) is 26.1 Å². The zero-order valence-corrected chi connectivity index (χ0v) is 14.6. The van der Waals surface area contributed by atoms with Gasteiger partial charge in [0, 0.05) is 42.8 Å². The Morgan fingerprint density at radius 1 is 1.30 bits per heavy atom. The lowest BCUT2D eigenvalue weighted by Crippen LogP contribution is -2.37. The van der Waals surface area contributed by atoms with Gasteiger partial charge in [0.2, 0.25) is 0 Å². The van der Waals surface area contributed by atoms with Crippen molar-refractivity contribution in [3.8, 4) is 0 Å². The Bertz CT molecular complexity index is 769. The zero-order chi connectivity index (χ0) is 16.6. The predicted molar refractivity (Wildman–Crippen MR) is 89.2 cm³/mol. The fourth-order valence-electron chi connectivity index (χ4n) is 2.66. The standard InChI is InChI=1S/C16H17BrN4O2/c1-20(2)16(23)14-11-9-21(8-7-13(11)18-19-14)15(22)10-5-3-4-6-12(10)17/h3-6H,7-9H2,1-2H3,(H,18,19). The molecule has 1 aliphatic heterocycles. The average Bonchev–Trinajstić information content (AvgIpc) is 2.96. The summed E-state index contributed by atoms with van der Waals surface area (Å²) in [7, 11) is 3.38. The number of hydrogen-bond donors (Lipinski definition) is 1. The van der Waals surface area contributed by atoms with E-state index in [1.165, 1.54) is 4.90 Å². The molecular weight excluding hydrogens is 360 g/mol. The molecule has 1 N–H and O–H groups in total. The Hall–Kier alpha value is -2.15. The van der Waals surface area contributed by atoms with E-state index in [4.69, 9.17) is 0 Å². The van der Waals surface area contributed by atoms with Gasteiger partial charge in [0.05, 0.1) is 12.1 Å². The quantitative estimate of drug-likeness (QED) is 0.871. The Balaban J connectivity index is 1.88. The van der Waals surface area contributed by atoms with Crippen LogP contribution in [-0.2, 0) is 13.0 Å². The second-order valence-corrected chi connectivity index (χ2v) is 6.54. The van der Waals surface area contributed by atoms with E-state index < -0.39 is 0 Å². The molecule has 2 aromatic rings. The molecule has 0 radical (unpaired) electrons. The number of hydrogen-bond acceptors (Lipinski definition) is 3. The molecule has 1 aromatic carbocycles. The summed E-state index contributed by atoms with van der Waals surface area (Å²) in [6.07, 6.45) is 0.666. The van der Waals surface area contributed by atoms with Gasteiger partial charge in [0.25, 0.3) is 11.8 Å². The van der Waals surface area contributed by atoms with E-state index in [1.54, 1.807) is 25.1 Å². The molecule has 0 saturated carbocycles. The number of aromatic amines is 1. The molecule has 0 fully saturated rings. The highest BCUT2D eigenvalue weighted by Gasteiger charge is 2.29. The van der Waals surface area contributed by atoms with Crippen molar-refractivity contribution in [2.45, 2.75) is 13.0 Å². The molecule has 2 amide bonds. The first kappa shape index (κ1) is 15.7. The maximum Gasteiger partial charge on any atom is 0.274 e. The minimum Gasteiger partial charge on any atom is -0.343 e. The van der Waals surface area contributed by atoms with Crippen LogP contribution in [0, 0.1) is 0 Å². The summed E-state index contributed by atoms with van der Waals surface area (Å²) < 4.78 is 0.771. The molecule has 0 atom stereocenters. The molecule has 0 bridgehead atoms. The number of carbonyl (C=O) groups excluding carboxylic acids is 2. The topological polar surface area (TPSA) is 69.3 Å². The zero-order valence-electron chi connectivity index (χ0n) is 13.0. The van der Waals surface area contributed by atoms with Crippen molar-refractivity contribution in [3.63, 3.8) is 0 Å². The van der Waals surface area contributed by atoms with Crippen LogP contribution in [0.15, 0.2) is 28.7 Å². The fraction of sp³-hybridized carbons (Fsp3) is 0.312. The number of nitrogens with one attached hydrogen (secondary N) is 1. The second kappa shape index (κ2) is 6.16. The minimum atomic E-state index is -0.155. The van der Waals surface area contributed by atoms with Gasteiger partial charge in [-0.15, -0.1) is 0 Å². The monoisotopic (exact) mass is 376 g/mol. The van der Waals surface area contributed by atoms with Gasteiger partial charge >= 0.3 is 0 Å². The third-order valence-corrected chi connectivity index (χ3v) is 4.63. The van der Waals surface area contributed by atoms with E-state index in [9.17, 15) is 9.59 Å². The third-order valence-electron chi connectivity index (χ3n) is 3.93. The van der Waals surface area contributed by atoms with Crippen molar-refractivity contribution in [3.05, 3.63) is 51.3 Å². The van der Waals surface area contributed by atoms with Crippen LogP contribution in [0.5, 0.6) is 0 Å². The molecule has 0 saturated heterocycles. The molecule has 2 heterocycles. The largest absolute Gasteiger partial charge is 0.343 e. The summed E-state index contributed by atoms with van der Waals surface area (Å²) in [5.41, 5.74) is 2.77. The normalized spacial score (nSPS) is 13.6. The predicted octanol–water partition coefficient (Wildman–Crippen LogP) is 2.07. The van der Waals surface area contributed by atoms with Crippen molar-refractivity contribution in [1.29, 1.82) is 0 Å². The number of nitrogens with zero attached hydrogens (tertiary/aromatic N) is 3. The van der Waals surface area contributed by atoms with Crippen molar-refractivity contribution >= 4 is 27.7 Å². The van der Waals surface area contributed by atoms with Gasteiger partial charge in [0.1, 0.15) is 0 Å². The Labute approximate surface area is 142 Å². The molecular formula is C16H17BrN4O2. The number of amides is 2. The van der Waals surface area contributed by atoms with Crippen LogP contribution in [0.25, 0.3) is 0 Å². The molecule has 6 nitrogen and oxygen atoms in total. The van der Waals surface area contributed by atoms with Gasteiger partial charge in [-0.2, -0.15) is 5.10 Å². The van der Waals surface area contributed by atoms with Gasteiger partial charge in [0.15, 0.2) is 5.69 Å². The Morgan fingerprint density at radius 2 is 2.04 bits per heavy atom. The highest BCUT2D eigenvalue weighted by molar-refractivity contribution is 9.10. The number of fused-ring (bicyclic) bond motifs is 1. The minimum absolute atomic E-state index is 0.0485. The molecule has 3 rings (SSSR count). The lowest BCUT2D eigenvalue weighted by Gasteiger charge is -2.27. The van der Waals surface area contributed by atoms with Crippen LogP contribution in [0.1, 0.15) is 32.1 Å². The van der Waals surface area contributed by atoms with Crippen LogP contribution in [0.4, 0.5) is 0 Å². The van der Waals surface area contributed by atoms with Crippen LogP contribution < -0.4 is 0 Å². The van der Waals surface area contributed by atoms with E-state index in [-0.39, 0.29) is 11.8 Å². The number of H-pyrrole nitrogens is 1. The number of carbonyl (C=O) groups is 2. The van der Waals surface area contributed by atoms with Crippen molar-refractivity contribution in [1.82, 2.24) is 20.0 Å². The summed E-state index contributed by atoms with van der Waals surface area (Å²) >= 11 is 3.42. The van der Waals surface area contributed by atoms with E-state index in [0.717, 1.165) is 15.7 Å². The smallest absolute Gasteiger partial charge is 0.274 e. The van der Waals surface area contributed by atoms with Gasteiger partial charge in [-0.05, 0) is 28.1 Å². The lowest BCUT2D eigenvalue weighted by molar-refractivity contribution is 0.0726. The van der Waals surface area contributed by atoms with E-state index >= 15 is 0 Å². The summed E-state index contributed by atoms with van der Waals surface area (Å²) in [6, 6.07) is 7.36. The number of rotatable bonds is 2. The summed E-state index contributed by atoms with van der Waals surface area (Å²) in [5, 5.41) is 7.07. The molecule has 0 unspecified atom stereocenters. The molecule has 0 aliphatic carbocycles. The summed E-state index contributed by atoms with van der Waals surface area (Å²) in [6.45, 7) is 0.992. The van der Waals surface area contributed by atoms with Gasteiger partial charge < -0.3 is 9.80 Å². The summed E-state index contributed by atoms with van der Waals surface area (Å²) in [4.78, 5) is 28.2. The highest BCUT2D eigenvalue weighted by atomic mass is 79.9. The van der Waals surface area contributed by atoms with Crippen molar-refractivity contribution in [2.75, 3.05) is 20.6 Å². The Kier molecular flexibility index (Phi) is 4.21. The van der Waals surface area contributed by atoms with Gasteiger partial charge in [-0.1, -0.05) is 12.1 Å². The molecule has 120 valence electrons. The van der Waals surface area contributed by atoms with Crippen LogP contribution >= 0.6 is 15.9 Å². The first-order valence-electron chi connectivity index (χ1n) is 7.30. The third kappa shape index (κ3) is 2.88. The molecule has 1 aromatic heterocycles. The second-order valence-electron chi connectivity index (χ2n) is 5.69. The van der Waals surface area contributed by atoms with Crippen LogP contribution in [-0.4, -0.2) is 52.5 Å². The van der Waals surface area contributed by atoms with Crippen molar-refractivity contribution in [2.24, 2.45) is 0 Å². The number of halogens is 1. The fourth-order valence-corrected chi connectivity index (χ4v) is 3.12. The van der Waals surface area contributed by atoms with Crippen LogP contribution in [0.3, 0.4) is 0 Å². The molecule has 23 heavy (non-hydrogen) atoms. The van der Waals surface area contributed by atoms with Crippen LogP contribution in [0.2, 0.25) is 0 Å². The van der Waals surface area contributed by atoms with Gasteiger partial charge in [-0.3, -0.25) is 14.7 Å². The van der Waals surface area contributed by atoms with E-state index in [1.807, 2.05) is 18.2 Å². The lowest BCUT2D eigenvalue weighted by atomic mass is 10.0. The maximum atomic E-state index is 12.7. The molecule has 0 spiro atoms. The summed E-state index contributed by atoms with van der Waals surface area (Å²) in [5.74, 6) is -0.203. The number of aromatic nitrogens is 2. The number of benzene rings is 1. The first-order chi connectivity index (χ1) is 11.0. The Morgan fingerprint density at radius 3 is 2.74 bits per heavy atom.